The first-order valence-electron chi connectivity index (χ1n) is 11.2. The summed E-state index contributed by atoms with van der Waals surface area (Å²) < 4.78 is 65.6. The Labute approximate surface area is 222 Å². The van der Waals surface area contributed by atoms with E-state index in [9.17, 15) is 26.3 Å². The number of hydrogen-bond donors (Lipinski definition) is 3. The SMILES string of the molecule is Cc1ccsc1CN1Cc2ccnn2CC(CNc2ccccn2)C1.O=C(O)C(F)(F)F.O=C(O)C(F)(F)F. The number of aromatic nitrogens is 3. The number of alkyl halides is 6. The molecule has 0 aromatic carbocycles. The van der Waals surface area contributed by atoms with Gasteiger partial charge in [-0.3, -0.25) is 9.58 Å². The van der Waals surface area contributed by atoms with Crippen LogP contribution in [0.15, 0.2) is 48.1 Å². The van der Waals surface area contributed by atoms with Gasteiger partial charge in [0, 0.05) is 55.9 Å². The molecule has 1 unspecified atom stereocenters. The molecular formula is C23H25F6N5O4S. The van der Waals surface area contributed by atoms with Gasteiger partial charge in [0.25, 0.3) is 0 Å². The highest BCUT2D eigenvalue weighted by atomic mass is 32.1. The van der Waals surface area contributed by atoms with E-state index in [1.807, 2.05) is 41.9 Å². The van der Waals surface area contributed by atoms with Crippen LogP contribution in [-0.4, -0.2) is 67.3 Å². The van der Waals surface area contributed by atoms with E-state index in [1.54, 1.807) is 0 Å². The zero-order valence-corrected chi connectivity index (χ0v) is 21.2. The third kappa shape index (κ3) is 10.9. The van der Waals surface area contributed by atoms with Crippen molar-refractivity contribution in [1.82, 2.24) is 19.7 Å². The fraction of sp³-hybridized carbons (Fsp3) is 0.391. The normalized spacial score (nSPS) is 15.5. The molecule has 9 nitrogen and oxygen atoms in total. The summed E-state index contributed by atoms with van der Waals surface area (Å²) in [5.74, 6) is -4.09. The number of pyridine rings is 1. The number of aliphatic carboxylic acids is 2. The molecule has 3 aromatic heterocycles. The number of nitrogens with zero attached hydrogens (tertiary/aromatic N) is 4. The molecule has 3 N–H and O–H groups in total. The summed E-state index contributed by atoms with van der Waals surface area (Å²) in [5.41, 5.74) is 2.69. The van der Waals surface area contributed by atoms with Crippen molar-refractivity contribution < 1.29 is 46.1 Å². The molecule has 0 spiro atoms. The Morgan fingerprint density at radius 3 is 2.18 bits per heavy atom. The van der Waals surface area contributed by atoms with Gasteiger partial charge in [0.15, 0.2) is 0 Å². The molecule has 1 aliphatic heterocycles. The zero-order chi connectivity index (χ0) is 29.2. The van der Waals surface area contributed by atoms with E-state index < -0.39 is 24.3 Å². The second-order valence-corrected chi connectivity index (χ2v) is 9.27. The molecule has 0 saturated carbocycles. The molecule has 0 aliphatic carbocycles. The fourth-order valence-corrected chi connectivity index (χ4v) is 4.30. The van der Waals surface area contributed by atoms with Gasteiger partial charge in [0.2, 0.25) is 0 Å². The number of carboxylic acid groups (broad SMARTS) is 2. The monoisotopic (exact) mass is 581 g/mol. The first-order valence-corrected chi connectivity index (χ1v) is 12.1. The molecule has 0 bridgehead atoms. The zero-order valence-electron chi connectivity index (χ0n) is 20.4. The highest BCUT2D eigenvalue weighted by Crippen LogP contribution is 2.23. The number of thiophene rings is 1. The standard InChI is InChI=1S/C19H23N5S.2C2HF3O2/c1-15-6-9-25-18(15)14-23-11-16(10-21-19-4-2-3-7-20-19)12-24-17(13-23)5-8-22-24;2*3-2(4,5)1(6)7/h2-9,16H,10-14H2,1H3,(H,20,21);2*(H,6,7). The molecule has 0 fully saturated rings. The second kappa shape index (κ2) is 13.9. The lowest BCUT2D eigenvalue weighted by Gasteiger charge is -2.24. The van der Waals surface area contributed by atoms with E-state index in [2.05, 4.69) is 49.4 Å². The van der Waals surface area contributed by atoms with Gasteiger partial charge in [0.1, 0.15) is 5.82 Å². The Hall–Kier alpha value is -3.66. The van der Waals surface area contributed by atoms with E-state index in [0.717, 1.165) is 38.5 Å². The molecule has 4 heterocycles. The molecular weight excluding hydrogens is 556 g/mol. The van der Waals surface area contributed by atoms with Gasteiger partial charge < -0.3 is 15.5 Å². The van der Waals surface area contributed by atoms with Crippen LogP contribution in [0.1, 0.15) is 16.1 Å². The Balaban J connectivity index is 0.000000317. The summed E-state index contributed by atoms with van der Waals surface area (Å²) >= 11 is 1.86. The lowest BCUT2D eigenvalue weighted by atomic mass is 10.1. The predicted octanol–water partition coefficient (Wildman–Crippen LogP) is 4.66. The first-order chi connectivity index (χ1) is 18.2. The smallest absolute Gasteiger partial charge is 0.475 e. The van der Waals surface area contributed by atoms with Gasteiger partial charge in [-0.15, -0.1) is 11.3 Å². The van der Waals surface area contributed by atoms with Crippen LogP contribution in [0, 0.1) is 12.8 Å². The number of rotatable bonds is 5. The molecule has 0 saturated heterocycles. The Morgan fingerprint density at radius 1 is 1.03 bits per heavy atom. The average Bonchev–Trinajstić information content (AvgIpc) is 3.41. The van der Waals surface area contributed by atoms with Crippen LogP contribution in [0.5, 0.6) is 0 Å². The third-order valence-corrected chi connectivity index (χ3v) is 6.20. The Bertz CT molecular complexity index is 1180. The summed E-state index contributed by atoms with van der Waals surface area (Å²) in [6.45, 7) is 7.07. The number of anilines is 1. The number of nitrogens with one attached hydrogen (secondary N) is 1. The number of fused-ring (bicyclic) bond motifs is 1. The van der Waals surface area contributed by atoms with Gasteiger partial charge in [-0.1, -0.05) is 6.07 Å². The molecule has 0 radical (unpaired) electrons. The van der Waals surface area contributed by atoms with Crippen LogP contribution in [0.3, 0.4) is 0 Å². The molecule has 1 aliphatic rings. The van der Waals surface area contributed by atoms with Crippen molar-refractivity contribution in [1.29, 1.82) is 0 Å². The maximum atomic E-state index is 10.6. The number of carbonyl (C=O) groups is 2. The van der Waals surface area contributed by atoms with Crippen molar-refractivity contribution >= 4 is 29.1 Å². The topological polar surface area (TPSA) is 121 Å². The van der Waals surface area contributed by atoms with Crippen LogP contribution in [0.25, 0.3) is 0 Å². The van der Waals surface area contributed by atoms with Crippen molar-refractivity contribution in [3.63, 3.8) is 0 Å². The molecule has 16 heteroatoms. The Morgan fingerprint density at radius 2 is 1.67 bits per heavy atom. The summed E-state index contributed by atoms with van der Waals surface area (Å²) in [7, 11) is 0. The van der Waals surface area contributed by atoms with Gasteiger partial charge >= 0.3 is 24.3 Å². The van der Waals surface area contributed by atoms with Crippen molar-refractivity contribution in [3.05, 3.63) is 64.2 Å². The van der Waals surface area contributed by atoms with Crippen molar-refractivity contribution in [2.24, 2.45) is 5.92 Å². The second-order valence-electron chi connectivity index (χ2n) is 8.27. The van der Waals surface area contributed by atoms with E-state index in [-0.39, 0.29) is 0 Å². The van der Waals surface area contributed by atoms with Gasteiger partial charge in [-0.2, -0.15) is 31.4 Å². The number of aryl methyl sites for hydroxylation is 1. The molecule has 0 amide bonds. The van der Waals surface area contributed by atoms with Crippen LogP contribution in [-0.2, 0) is 29.2 Å². The van der Waals surface area contributed by atoms with Crippen molar-refractivity contribution in [2.75, 3.05) is 18.4 Å². The van der Waals surface area contributed by atoms with Crippen LogP contribution in [0.2, 0.25) is 0 Å². The lowest BCUT2D eigenvalue weighted by Crippen LogP contribution is -2.31. The van der Waals surface area contributed by atoms with Crippen LogP contribution < -0.4 is 5.32 Å². The molecule has 1 atom stereocenters. The number of hydrogen-bond acceptors (Lipinski definition) is 7. The molecule has 39 heavy (non-hydrogen) atoms. The maximum Gasteiger partial charge on any atom is 0.490 e. The molecule has 214 valence electrons. The van der Waals surface area contributed by atoms with Crippen molar-refractivity contribution in [2.45, 2.75) is 38.9 Å². The fourth-order valence-electron chi connectivity index (χ4n) is 3.35. The van der Waals surface area contributed by atoms with Crippen LogP contribution in [0.4, 0.5) is 32.2 Å². The largest absolute Gasteiger partial charge is 0.490 e. The van der Waals surface area contributed by atoms with Gasteiger partial charge in [0.05, 0.1) is 5.69 Å². The summed E-state index contributed by atoms with van der Waals surface area (Å²) in [6, 6.07) is 10.3. The van der Waals surface area contributed by atoms with E-state index >= 15 is 0 Å². The van der Waals surface area contributed by atoms with E-state index in [1.165, 1.54) is 16.1 Å². The quantitative estimate of drug-likeness (QED) is 0.373. The van der Waals surface area contributed by atoms with E-state index in [4.69, 9.17) is 19.8 Å². The summed E-state index contributed by atoms with van der Waals surface area (Å²) in [6.07, 6.45) is -6.43. The average molecular weight is 582 g/mol. The van der Waals surface area contributed by atoms with E-state index in [0.29, 0.717) is 5.92 Å². The number of halogens is 6. The predicted molar refractivity (Wildman–Crippen MR) is 129 cm³/mol. The highest BCUT2D eigenvalue weighted by Gasteiger charge is 2.38. The number of carboxylic acids is 2. The van der Waals surface area contributed by atoms with Gasteiger partial charge in [-0.05, 0) is 42.1 Å². The van der Waals surface area contributed by atoms with Crippen LogP contribution >= 0.6 is 11.3 Å². The minimum atomic E-state index is -5.08. The van der Waals surface area contributed by atoms with Crippen molar-refractivity contribution in [3.8, 4) is 0 Å². The maximum absolute atomic E-state index is 10.6. The minimum absolute atomic E-state index is 0.489. The first kappa shape index (κ1) is 31.6. The summed E-state index contributed by atoms with van der Waals surface area (Å²) in [4.78, 5) is 26.2. The van der Waals surface area contributed by atoms with Gasteiger partial charge in [-0.25, -0.2) is 14.6 Å². The Kier molecular flexibility index (Phi) is 11.3. The minimum Gasteiger partial charge on any atom is -0.475 e. The molecule has 4 rings (SSSR count). The third-order valence-electron chi connectivity index (χ3n) is 5.19. The highest BCUT2D eigenvalue weighted by molar-refractivity contribution is 7.10. The molecule has 3 aromatic rings. The lowest BCUT2D eigenvalue weighted by molar-refractivity contribution is -0.193. The summed E-state index contributed by atoms with van der Waals surface area (Å²) in [5, 5.41) is 24.4.